The molecule has 4 aliphatic carbocycles. The number of allylic oxidation sites excluding steroid dienone is 1. The molecule has 4 aliphatic rings. The summed E-state index contributed by atoms with van der Waals surface area (Å²) in [7, 11) is 0. The molecule has 2 heteroatoms. The third kappa shape index (κ3) is 2.13. The van der Waals surface area contributed by atoms with Crippen LogP contribution >= 0.6 is 0 Å². The predicted octanol–water partition coefficient (Wildman–Crippen LogP) is 4.52. The lowest BCUT2D eigenvalue weighted by Crippen LogP contribution is -2.51. The van der Waals surface area contributed by atoms with Gasteiger partial charge in [0.2, 0.25) is 0 Å². The molecule has 3 saturated carbocycles. The minimum absolute atomic E-state index is 0.163. The fourth-order valence-corrected chi connectivity index (χ4v) is 7.39. The van der Waals surface area contributed by atoms with Crippen LogP contribution in [0.5, 0.6) is 0 Å². The third-order valence-electron chi connectivity index (χ3n) is 8.62. The molecule has 0 saturated heterocycles. The summed E-state index contributed by atoms with van der Waals surface area (Å²) < 4.78 is 0. The number of ketones is 1. The molecule has 0 aromatic carbocycles. The first-order valence-electron chi connectivity index (χ1n) is 9.78. The Hall–Kier alpha value is -0.630. The quantitative estimate of drug-likeness (QED) is 0.772. The lowest BCUT2D eigenvalue weighted by Gasteiger charge is -2.58. The molecule has 0 heterocycles. The molecule has 0 aromatic rings. The second kappa shape index (κ2) is 5.18. The van der Waals surface area contributed by atoms with Crippen molar-refractivity contribution in [2.45, 2.75) is 78.2 Å². The van der Waals surface area contributed by atoms with Gasteiger partial charge in [0.05, 0.1) is 6.10 Å². The van der Waals surface area contributed by atoms with E-state index in [-0.39, 0.29) is 11.5 Å². The maximum atomic E-state index is 11.9. The maximum Gasteiger partial charge on any atom is 0.155 e. The van der Waals surface area contributed by atoms with Crippen molar-refractivity contribution in [2.75, 3.05) is 0 Å². The van der Waals surface area contributed by atoms with Gasteiger partial charge < -0.3 is 5.11 Å². The van der Waals surface area contributed by atoms with Crippen LogP contribution in [-0.2, 0) is 4.79 Å². The Balaban J connectivity index is 1.66. The van der Waals surface area contributed by atoms with E-state index in [1.54, 1.807) is 0 Å². The maximum absolute atomic E-state index is 11.9. The summed E-state index contributed by atoms with van der Waals surface area (Å²) in [5, 5.41) is 10.3. The molecule has 23 heavy (non-hydrogen) atoms. The zero-order chi connectivity index (χ0) is 16.4. The van der Waals surface area contributed by atoms with E-state index < -0.39 is 0 Å². The summed E-state index contributed by atoms with van der Waals surface area (Å²) >= 11 is 0. The smallest absolute Gasteiger partial charge is 0.155 e. The third-order valence-corrected chi connectivity index (χ3v) is 8.62. The van der Waals surface area contributed by atoms with Gasteiger partial charge in [-0.1, -0.05) is 19.4 Å². The SMILES string of the molecule is C[C@@H](O)C1CC[C@H]2[C@@H]3CCC4=CC(=O)CC[C@]4(C)[C@H]3CC[C@]12C. The van der Waals surface area contributed by atoms with Crippen molar-refractivity contribution in [3.8, 4) is 0 Å². The number of hydrogen-bond donors (Lipinski definition) is 1. The average Bonchev–Trinajstić information content (AvgIpc) is 2.85. The number of carbonyl (C=O) groups excluding carboxylic acids is 1. The van der Waals surface area contributed by atoms with Gasteiger partial charge in [-0.2, -0.15) is 0 Å². The van der Waals surface area contributed by atoms with Gasteiger partial charge in [-0.25, -0.2) is 0 Å². The van der Waals surface area contributed by atoms with Gasteiger partial charge in [0.15, 0.2) is 5.78 Å². The van der Waals surface area contributed by atoms with E-state index in [1.807, 2.05) is 13.0 Å². The van der Waals surface area contributed by atoms with E-state index in [9.17, 15) is 9.90 Å². The van der Waals surface area contributed by atoms with Crippen LogP contribution in [-0.4, -0.2) is 17.0 Å². The Kier molecular flexibility index (Phi) is 3.58. The van der Waals surface area contributed by atoms with Crippen molar-refractivity contribution in [1.29, 1.82) is 0 Å². The molecule has 0 amide bonds. The number of aliphatic hydroxyl groups is 1. The summed E-state index contributed by atoms with van der Waals surface area (Å²) in [5.41, 5.74) is 2.09. The molecular weight excluding hydrogens is 284 g/mol. The summed E-state index contributed by atoms with van der Waals surface area (Å²) in [6.07, 6.45) is 11.1. The molecule has 2 nitrogen and oxygen atoms in total. The summed E-state index contributed by atoms with van der Waals surface area (Å²) in [6, 6.07) is 0. The molecule has 4 rings (SSSR count). The van der Waals surface area contributed by atoms with Crippen LogP contribution in [0.25, 0.3) is 0 Å². The molecule has 1 unspecified atom stereocenters. The minimum Gasteiger partial charge on any atom is -0.393 e. The molecule has 7 atom stereocenters. The van der Waals surface area contributed by atoms with E-state index in [2.05, 4.69) is 13.8 Å². The van der Waals surface area contributed by atoms with Crippen LogP contribution in [0.15, 0.2) is 11.6 Å². The molecule has 0 bridgehead atoms. The molecular formula is C21H32O2. The van der Waals surface area contributed by atoms with Gasteiger partial charge in [0.25, 0.3) is 0 Å². The van der Waals surface area contributed by atoms with Gasteiger partial charge in [0, 0.05) is 6.42 Å². The lowest BCUT2D eigenvalue weighted by atomic mass is 9.46. The molecule has 0 aliphatic heterocycles. The van der Waals surface area contributed by atoms with Crippen molar-refractivity contribution in [3.05, 3.63) is 11.6 Å². The second-order valence-corrected chi connectivity index (χ2v) is 9.44. The van der Waals surface area contributed by atoms with Crippen molar-refractivity contribution in [3.63, 3.8) is 0 Å². The lowest BCUT2D eigenvalue weighted by molar-refractivity contribution is -0.117. The van der Waals surface area contributed by atoms with Crippen LogP contribution in [0.4, 0.5) is 0 Å². The molecule has 128 valence electrons. The standard InChI is InChI=1S/C21H32O2/c1-13(22)17-6-7-18-16-5-4-14-12-15(23)8-10-20(14,2)19(16)9-11-21(17,18)3/h12-13,16-19,22H,4-11H2,1-3H3/t13-,16+,17?,18+,19+,20+,21-/m1/s1. The number of aliphatic hydroxyl groups excluding tert-OH is 1. The van der Waals surface area contributed by atoms with E-state index in [0.29, 0.717) is 17.1 Å². The van der Waals surface area contributed by atoms with E-state index in [1.165, 1.54) is 37.7 Å². The summed E-state index contributed by atoms with van der Waals surface area (Å²) in [5.74, 6) is 3.21. The van der Waals surface area contributed by atoms with Crippen molar-refractivity contribution >= 4 is 5.78 Å². The number of rotatable bonds is 1. The van der Waals surface area contributed by atoms with Crippen LogP contribution in [0, 0.1) is 34.5 Å². The highest BCUT2D eigenvalue weighted by atomic mass is 16.3. The molecule has 0 radical (unpaired) electrons. The van der Waals surface area contributed by atoms with E-state index >= 15 is 0 Å². The molecule has 0 aromatic heterocycles. The normalized spacial score (nSPS) is 50.6. The second-order valence-electron chi connectivity index (χ2n) is 9.44. The van der Waals surface area contributed by atoms with Gasteiger partial charge in [0.1, 0.15) is 0 Å². The fraction of sp³-hybridized carbons (Fsp3) is 0.857. The first-order valence-corrected chi connectivity index (χ1v) is 9.78. The van der Waals surface area contributed by atoms with Gasteiger partial charge in [-0.3, -0.25) is 4.79 Å². The molecule has 0 spiro atoms. The fourth-order valence-electron chi connectivity index (χ4n) is 7.39. The zero-order valence-corrected chi connectivity index (χ0v) is 15.0. The summed E-state index contributed by atoms with van der Waals surface area (Å²) in [4.78, 5) is 11.9. The van der Waals surface area contributed by atoms with Gasteiger partial charge in [-0.05, 0) is 92.4 Å². The average molecular weight is 316 g/mol. The topological polar surface area (TPSA) is 37.3 Å². The Morgan fingerprint density at radius 3 is 2.61 bits per heavy atom. The number of carbonyl (C=O) groups is 1. The van der Waals surface area contributed by atoms with Crippen LogP contribution in [0.2, 0.25) is 0 Å². The van der Waals surface area contributed by atoms with Crippen LogP contribution in [0.3, 0.4) is 0 Å². The summed E-state index contributed by atoms with van der Waals surface area (Å²) in [6.45, 7) is 6.92. The Bertz CT molecular complexity index is 548. The Morgan fingerprint density at radius 1 is 1.09 bits per heavy atom. The zero-order valence-electron chi connectivity index (χ0n) is 15.0. The highest BCUT2D eigenvalue weighted by Gasteiger charge is 2.59. The van der Waals surface area contributed by atoms with Gasteiger partial charge >= 0.3 is 0 Å². The highest BCUT2D eigenvalue weighted by molar-refractivity contribution is 5.91. The van der Waals surface area contributed by atoms with Crippen molar-refractivity contribution in [1.82, 2.24) is 0 Å². The Labute approximate surface area is 140 Å². The largest absolute Gasteiger partial charge is 0.393 e. The van der Waals surface area contributed by atoms with E-state index in [4.69, 9.17) is 0 Å². The first-order chi connectivity index (χ1) is 10.9. The van der Waals surface area contributed by atoms with Gasteiger partial charge in [-0.15, -0.1) is 0 Å². The van der Waals surface area contributed by atoms with Crippen molar-refractivity contribution in [2.24, 2.45) is 34.5 Å². The predicted molar refractivity (Wildman–Crippen MR) is 91.9 cm³/mol. The van der Waals surface area contributed by atoms with Crippen molar-refractivity contribution < 1.29 is 9.90 Å². The van der Waals surface area contributed by atoms with Crippen LogP contribution < -0.4 is 0 Å². The van der Waals surface area contributed by atoms with E-state index in [0.717, 1.165) is 37.0 Å². The first kappa shape index (κ1) is 15.9. The molecule has 1 N–H and O–H groups in total. The van der Waals surface area contributed by atoms with Crippen LogP contribution in [0.1, 0.15) is 72.1 Å². The monoisotopic (exact) mass is 316 g/mol. The number of hydrogen-bond acceptors (Lipinski definition) is 2. The number of fused-ring (bicyclic) bond motifs is 5. The minimum atomic E-state index is -0.163. The molecule has 3 fully saturated rings. The Morgan fingerprint density at radius 2 is 1.87 bits per heavy atom. The highest BCUT2D eigenvalue weighted by Crippen LogP contribution is 2.66.